The van der Waals surface area contributed by atoms with Crippen molar-refractivity contribution in [2.24, 2.45) is 11.8 Å². The van der Waals surface area contributed by atoms with Crippen LogP contribution in [-0.2, 0) is 6.54 Å². The summed E-state index contributed by atoms with van der Waals surface area (Å²) in [7, 11) is 0. The Balaban J connectivity index is 1.74. The largest absolute Gasteiger partial charge is 0.308 e. The monoisotopic (exact) mass is 275 g/mol. The number of fused-ring (bicyclic) bond motifs is 1. The fraction of sp³-hybridized carbons (Fsp3) is 0.733. The molecule has 3 N–H and O–H groups in total. The molecule has 5 nitrogen and oxygen atoms in total. The van der Waals surface area contributed by atoms with Crippen molar-refractivity contribution in [1.29, 1.82) is 0 Å². The maximum atomic E-state index is 5.47. The number of likely N-dealkylation sites (tertiary alicyclic amines) is 1. The standard InChI is InChI=1S/C15H25N5/c1-11-9-14(19-16)18-15(17-11)10-20-8-4-6-12-5-2-3-7-13(12)20/h9,12-13H,2-8,10,16H2,1H3,(H,17,18,19). The lowest BCUT2D eigenvalue weighted by Gasteiger charge is -2.43. The highest BCUT2D eigenvalue weighted by Gasteiger charge is 2.33. The fourth-order valence-corrected chi connectivity index (χ4v) is 3.88. The van der Waals surface area contributed by atoms with Crippen molar-refractivity contribution >= 4 is 5.82 Å². The Morgan fingerprint density at radius 3 is 2.90 bits per heavy atom. The molecule has 2 aliphatic rings. The zero-order valence-electron chi connectivity index (χ0n) is 12.3. The van der Waals surface area contributed by atoms with Gasteiger partial charge >= 0.3 is 0 Å². The van der Waals surface area contributed by atoms with Gasteiger partial charge in [-0.2, -0.15) is 0 Å². The number of hydrogen-bond donors (Lipinski definition) is 2. The van der Waals surface area contributed by atoms with Gasteiger partial charge in [0.05, 0.1) is 6.54 Å². The first kappa shape index (κ1) is 13.8. The van der Waals surface area contributed by atoms with Crippen molar-refractivity contribution in [2.75, 3.05) is 12.0 Å². The first-order chi connectivity index (χ1) is 9.76. The van der Waals surface area contributed by atoms with Gasteiger partial charge in [-0.1, -0.05) is 12.8 Å². The van der Waals surface area contributed by atoms with E-state index in [2.05, 4.69) is 20.3 Å². The quantitative estimate of drug-likeness (QED) is 0.654. The number of aryl methyl sites for hydroxylation is 1. The maximum absolute atomic E-state index is 5.47. The summed E-state index contributed by atoms with van der Waals surface area (Å²) in [6.45, 7) is 4.03. The van der Waals surface area contributed by atoms with E-state index in [1.54, 1.807) is 0 Å². The zero-order chi connectivity index (χ0) is 13.9. The Kier molecular flexibility index (Phi) is 4.17. The van der Waals surface area contributed by atoms with Crippen molar-refractivity contribution in [2.45, 2.75) is 58.0 Å². The molecule has 0 radical (unpaired) electrons. The minimum Gasteiger partial charge on any atom is -0.308 e. The van der Waals surface area contributed by atoms with E-state index in [1.807, 2.05) is 13.0 Å². The number of hydrazine groups is 1. The van der Waals surface area contributed by atoms with E-state index in [9.17, 15) is 0 Å². The summed E-state index contributed by atoms with van der Waals surface area (Å²) >= 11 is 0. The predicted octanol–water partition coefficient (Wildman–Crippen LogP) is 2.23. The molecule has 1 aromatic heterocycles. The summed E-state index contributed by atoms with van der Waals surface area (Å²) in [5.41, 5.74) is 3.60. The first-order valence-corrected chi connectivity index (χ1v) is 7.81. The van der Waals surface area contributed by atoms with Crippen LogP contribution in [0.3, 0.4) is 0 Å². The molecule has 0 aromatic carbocycles. The van der Waals surface area contributed by atoms with E-state index in [1.165, 1.54) is 45.1 Å². The average Bonchev–Trinajstić information content (AvgIpc) is 2.47. The zero-order valence-corrected chi connectivity index (χ0v) is 12.3. The molecule has 5 heteroatoms. The number of nitrogen functional groups attached to an aromatic ring is 1. The summed E-state index contributed by atoms with van der Waals surface area (Å²) < 4.78 is 0. The van der Waals surface area contributed by atoms with Gasteiger partial charge in [-0.05, 0) is 45.1 Å². The molecule has 2 fully saturated rings. The van der Waals surface area contributed by atoms with Gasteiger partial charge in [0.1, 0.15) is 11.6 Å². The predicted molar refractivity (Wildman–Crippen MR) is 80.0 cm³/mol. The molecule has 0 amide bonds. The Bertz CT molecular complexity index is 460. The number of anilines is 1. The van der Waals surface area contributed by atoms with E-state index in [0.29, 0.717) is 5.82 Å². The molecule has 0 spiro atoms. The second-order valence-corrected chi connectivity index (χ2v) is 6.18. The number of nitrogens with two attached hydrogens (primary N) is 1. The van der Waals surface area contributed by atoms with Gasteiger partial charge in [0.15, 0.2) is 0 Å². The molecule has 1 saturated heterocycles. The fourth-order valence-electron chi connectivity index (χ4n) is 3.88. The van der Waals surface area contributed by atoms with E-state index in [0.717, 1.165) is 30.0 Å². The molecule has 3 rings (SSSR count). The first-order valence-electron chi connectivity index (χ1n) is 7.81. The number of piperidine rings is 1. The van der Waals surface area contributed by atoms with Crippen LogP contribution in [0.2, 0.25) is 0 Å². The topological polar surface area (TPSA) is 67.1 Å². The van der Waals surface area contributed by atoms with Crippen molar-refractivity contribution in [3.8, 4) is 0 Å². The van der Waals surface area contributed by atoms with Crippen molar-refractivity contribution in [3.63, 3.8) is 0 Å². The van der Waals surface area contributed by atoms with E-state index >= 15 is 0 Å². The Morgan fingerprint density at radius 1 is 1.25 bits per heavy atom. The number of rotatable bonds is 3. The van der Waals surface area contributed by atoms with Crippen molar-refractivity contribution < 1.29 is 0 Å². The molecule has 2 heterocycles. The molecular weight excluding hydrogens is 250 g/mol. The summed E-state index contributed by atoms with van der Waals surface area (Å²) in [6, 6.07) is 2.62. The number of hydrogen-bond acceptors (Lipinski definition) is 5. The normalized spacial score (nSPS) is 27.1. The van der Waals surface area contributed by atoms with Crippen LogP contribution in [0.4, 0.5) is 5.82 Å². The van der Waals surface area contributed by atoms with E-state index < -0.39 is 0 Å². The van der Waals surface area contributed by atoms with Crippen LogP contribution < -0.4 is 11.3 Å². The van der Waals surface area contributed by atoms with Gasteiger partial charge < -0.3 is 5.43 Å². The lowest BCUT2D eigenvalue weighted by atomic mass is 9.78. The molecule has 1 aliphatic heterocycles. The lowest BCUT2D eigenvalue weighted by Crippen LogP contribution is -2.46. The Hall–Kier alpha value is -1.20. The second kappa shape index (κ2) is 6.06. The van der Waals surface area contributed by atoms with Gasteiger partial charge in [-0.3, -0.25) is 4.90 Å². The third-order valence-corrected chi connectivity index (χ3v) is 4.75. The SMILES string of the molecule is Cc1cc(NN)nc(CN2CCCC3CCCCC32)n1. The third-order valence-electron chi connectivity index (χ3n) is 4.75. The van der Waals surface area contributed by atoms with Gasteiger partial charge in [0.25, 0.3) is 0 Å². The summed E-state index contributed by atoms with van der Waals surface area (Å²) in [5, 5.41) is 0. The molecular formula is C15H25N5. The Labute approximate surface area is 120 Å². The molecule has 2 atom stereocenters. The van der Waals surface area contributed by atoms with Crippen LogP contribution in [0.25, 0.3) is 0 Å². The third kappa shape index (κ3) is 2.94. The minimum atomic E-state index is 0.713. The van der Waals surface area contributed by atoms with Crippen LogP contribution in [0.5, 0.6) is 0 Å². The minimum absolute atomic E-state index is 0.713. The number of nitrogens with one attached hydrogen (secondary N) is 1. The van der Waals surface area contributed by atoms with Gasteiger partial charge in [0, 0.05) is 17.8 Å². The molecule has 2 unspecified atom stereocenters. The lowest BCUT2D eigenvalue weighted by molar-refractivity contribution is 0.0526. The molecule has 0 bridgehead atoms. The molecule has 1 aromatic rings. The molecule has 1 aliphatic carbocycles. The highest BCUT2D eigenvalue weighted by atomic mass is 15.3. The number of aromatic nitrogens is 2. The summed E-state index contributed by atoms with van der Waals surface area (Å²) in [4.78, 5) is 11.7. The molecule has 110 valence electrons. The van der Waals surface area contributed by atoms with Crippen molar-refractivity contribution in [3.05, 3.63) is 17.6 Å². The van der Waals surface area contributed by atoms with Gasteiger partial charge in [-0.25, -0.2) is 15.8 Å². The smallest absolute Gasteiger partial charge is 0.145 e. The van der Waals surface area contributed by atoms with Crippen LogP contribution >= 0.6 is 0 Å². The van der Waals surface area contributed by atoms with Crippen molar-refractivity contribution in [1.82, 2.24) is 14.9 Å². The van der Waals surface area contributed by atoms with Gasteiger partial charge in [-0.15, -0.1) is 0 Å². The summed E-state index contributed by atoms with van der Waals surface area (Å²) in [5.74, 6) is 7.98. The van der Waals surface area contributed by atoms with E-state index in [-0.39, 0.29) is 0 Å². The highest BCUT2D eigenvalue weighted by molar-refractivity contribution is 5.33. The highest BCUT2D eigenvalue weighted by Crippen LogP contribution is 2.35. The molecule has 1 saturated carbocycles. The van der Waals surface area contributed by atoms with Crippen LogP contribution in [-0.4, -0.2) is 27.5 Å². The van der Waals surface area contributed by atoms with Crippen LogP contribution in [0, 0.1) is 12.8 Å². The second-order valence-electron chi connectivity index (χ2n) is 6.18. The Morgan fingerprint density at radius 2 is 2.05 bits per heavy atom. The van der Waals surface area contributed by atoms with Crippen LogP contribution in [0.15, 0.2) is 6.07 Å². The molecule has 20 heavy (non-hydrogen) atoms. The summed E-state index contributed by atoms with van der Waals surface area (Å²) in [6.07, 6.45) is 8.27. The number of nitrogens with zero attached hydrogens (tertiary/aromatic N) is 3. The maximum Gasteiger partial charge on any atom is 0.145 e. The van der Waals surface area contributed by atoms with Crippen LogP contribution in [0.1, 0.15) is 50.0 Å². The van der Waals surface area contributed by atoms with E-state index in [4.69, 9.17) is 5.84 Å². The van der Waals surface area contributed by atoms with Gasteiger partial charge in [0.2, 0.25) is 0 Å². The average molecular weight is 275 g/mol.